The van der Waals surface area contributed by atoms with Gasteiger partial charge in [-0.3, -0.25) is 4.99 Å². The van der Waals surface area contributed by atoms with Gasteiger partial charge in [-0.25, -0.2) is 0 Å². The first-order valence-electron chi connectivity index (χ1n) is 5.97. The molecular weight excluding hydrogens is 202 g/mol. The number of hydrogen-bond donors (Lipinski definition) is 1. The summed E-state index contributed by atoms with van der Waals surface area (Å²) in [5.41, 5.74) is 5.80. The highest BCUT2D eigenvalue weighted by Crippen LogP contribution is 2.31. The van der Waals surface area contributed by atoms with Gasteiger partial charge in [0.05, 0.1) is 17.7 Å². The zero-order valence-electron chi connectivity index (χ0n) is 11.2. The molecule has 0 saturated heterocycles. The van der Waals surface area contributed by atoms with Crippen molar-refractivity contribution in [2.75, 3.05) is 20.2 Å². The molecule has 0 aliphatic carbocycles. The maximum Gasteiger partial charge on any atom is 0.191 e. The molecule has 94 valence electrons. The maximum atomic E-state index is 5.94. The lowest BCUT2D eigenvalue weighted by atomic mass is 9.87. The molecule has 0 aromatic heterocycles. The minimum absolute atomic E-state index is 0.000394. The van der Waals surface area contributed by atoms with Gasteiger partial charge in [0.15, 0.2) is 5.96 Å². The van der Waals surface area contributed by atoms with E-state index in [4.69, 9.17) is 10.5 Å². The number of nitrogens with zero attached hydrogens (tertiary/aromatic N) is 2. The van der Waals surface area contributed by atoms with Crippen LogP contribution in [0.3, 0.4) is 0 Å². The quantitative estimate of drug-likeness (QED) is 0.776. The van der Waals surface area contributed by atoms with E-state index in [1.807, 2.05) is 0 Å². The number of guanidine groups is 1. The second kappa shape index (κ2) is 4.62. The second-order valence-electron chi connectivity index (χ2n) is 5.46. The van der Waals surface area contributed by atoms with Gasteiger partial charge in [0.25, 0.3) is 0 Å². The molecule has 1 heterocycles. The van der Waals surface area contributed by atoms with Crippen molar-refractivity contribution in [2.45, 2.75) is 51.7 Å². The standard InChI is InChI=1S/C12H25N3O/c1-6-7-15-10(13)14-9-12(15,4)8-11(2,3)16-5/h6-9H2,1-5H3,(H2,13,14). The lowest BCUT2D eigenvalue weighted by molar-refractivity contribution is -0.0171. The number of methoxy groups -OCH3 is 1. The minimum atomic E-state index is -0.138. The molecule has 0 aromatic rings. The predicted octanol–water partition coefficient (Wildman–Crippen LogP) is 1.60. The van der Waals surface area contributed by atoms with E-state index in [2.05, 4.69) is 37.6 Å². The van der Waals surface area contributed by atoms with Crippen LogP contribution in [0.4, 0.5) is 0 Å². The summed E-state index contributed by atoms with van der Waals surface area (Å²) >= 11 is 0. The molecule has 2 N–H and O–H groups in total. The van der Waals surface area contributed by atoms with Crippen molar-refractivity contribution in [1.29, 1.82) is 0 Å². The SMILES string of the molecule is CCCN1C(N)=NCC1(C)CC(C)(C)OC. The molecule has 16 heavy (non-hydrogen) atoms. The minimum Gasteiger partial charge on any atom is -0.379 e. The summed E-state index contributed by atoms with van der Waals surface area (Å²) in [7, 11) is 1.76. The van der Waals surface area contributed by atoms with Gasteiger partial charge >= 0.3 is 0 Å². The zero-order chi connectivity index (χ0) is 12.4. The van der Waals surface area contributed by atoms with E-state index in [-0.39, 0.29) is 11.1 Å². The van der Waals surface area contributed by atoms with Crippen molar-refractivity contribution < 1.29 is 4.74 Å². The summed E-state index contributed by atoms with van der Waals surface area (Å²) in [5.74, 6) is 0.677. The van der Waals surface area contributed by atoms with Gasteiger partial charge in [-0.2, -0.15) is 0 Å². The van der Waals surface area contributed by atoms with Crippen LogP contribution in [0, 0.1) is 0 Å². The lowest BCUT2D eigenvalue weighted by Gasteiger charge is -2.41. The first-order chi connectivity index (χ1) is 7.34. The third-order valence-corrected chi connectivity index (χ3v) is 3.32. The molecule has 4 nitrogen and oxygen atoms in total. The molecule has 4 heteroatoms. The molecule has 0 aromatic carbocycles. The molecule has 0 radical (unpaired) electrons. The largest absolute Gasteiger partial charge is 0.379 e. The van der Waals surface area contributed by atoms with Crippen LogP contribution < -0.4 is 5.73 Å². The number of hydrogen-bond acceptors (Lipinski definition) is 4. The molecule has 1 aliphatic heterocycles. The van der Waals surface area contributed by atoms with Crippen molar-refractivity contribution in [1.82, 2.24) is 4.90 Å². The van der Waals surface area contributed by atoms with Gasteiger partial charge in [0, 0.05) is 20.1 Å². The normalized spacial score (nSPS) is 26.1. The summed E-state index contributed by atoms with van der Waals surface area (Å²) in [6, 6.07) is 0. The van der Waals surface area contributed by atoms with Gasteiger partial charge in [-0.05, 0) is 27.2 Å². The van der Waals surface area contributed by atoms with Gasteiger partial charge in [0.2, 0.25) is 0 Å². The van der Waals surface area contributed by atoms with E-state index >= 15 is 0 Å². The molecule has 0 saturated carbocycles. The number of rotatable bonds is 5. The van der Waals surface area contributed by atoms with Crippen LogP contribution in [0.5, 0.6) is 0 Å². The van der Waals surface area contributed by atoms with E-state index < -0.39 is 0 Å². The van der Waals surface area contributed by atoms with Gasteiger partial charge < -0.3 is 15.4 Å². The first-order valence-corrected chi connectivity index (χ1v) is 5.97. The van der Waals surface area contributed by atoms with Crippen LogP contribution >= 0.6 is 0 Å². The monoisotopic (exact) mass is 227 g/mol. The Bertz CT molecular complexity index is 275. The van der Waals surface area contributed by atoms with Crippen LogP contribution in [-0.2, 0) is 4.74 Å². The Morgan fingerprint density at radius 1 is 1.56 bits per heavy atom. The fraction of sp³-hybridized carbons (Fsp3) is 0.917. The van der Waals surface area contributed by atoms with Crippen molar-refractivity contribution in [3.8, 4) is 0 Å². The summed E-state index contributed by atoms with van der Waals surface area (Å²) in [6.45, 7) is 10.3. The molecule has 0 fully saturated rings. The van der Waals surface area contributed by atoms with Gasteiger partial charge in [-0.15, -0.1) is 0 Å². The third-order valence-electron chi connectivity index (χ3n) is 3.32. The topological polar surface area (TPSA) is 50.8 Å². The van der Waals surface area contributed by atoms with E-state index in [9.17, 15) is 0 Å². The first kappa shape index (κ1) is 13.3. The maximum absolute atomic E-state index is 5.94. The van der Waals surface area contributed by atoms with Crippen LogP contribution in [-0.4, -0.2) is 42.2 Å². The molecule has 1 aliphatic rings. The van der Waals surface area contributed by atoms with Crippen molar-refractivity contribution in [3.05, 3.63) is 0 Å². The van der Waals surface area contributed by atoms with Crippen LogP contribution in [0.15, 0.2) is 4.99 Å². The van der Waals surface area contributed by atoms with E-state index in [0.29, 0.717) is 5.96 Å². The fourth-order valence-corrected chi connectivity index (χ4v) is 2.45. The Labute approximate surface area is 98.9 Å². The zero-order valence-corrected chi connectivity index (χ0v) is 11.2. The summed E-state index contributed by atoms with van der Waals surface area (Å²) in [6.07, 6.45) is 2.01. The van der Waals surface area contributed by atoms with Gasteiger partial charge in [0.1, 0.15) is 0 Å². The summed E-state index contributed by atoms with van der Waals surface area (Å²) < 4.78 is 5.51. The average Bonchev–Trinajstić information content (AvgIpc) is 2.46. The molecule has 0 amide bonds. The van der Waals surface area contributed by atoms with Crippen molar-refractivity contribution in [2.24, 2.45) is 10.7 Å². The molecule has 0 bridgehead atoms. The van der Waals surface area contributed by atoms with Crippen molar-refractivity contribution >= 4 is 5.96 Å². The highest BCUT2D eigenvalue weighted by molar-refractivity contribution is 5.80. The number of nitrogens with two attached hydrogens (primary N) is 1. The molecule has 1 rings (SSSR count). The highest BCUT2D eigenvalue weighted by atomic mass is 16.5. The van der Waals surface area contributed by atoms with E-state index in [1.165, 1.54) is 0 Å². The van der Waals surface area contributed by atoms with Crippen LogP contribution in [0.2, 0.25) is 0 Å². The van der Waals surface area contributed by atoms with E-state index in [1.54, 1.807) is 7.11 Å². The Balaban J connectivity index is 2.77. The second-order valence-corrected chi connectivity index (χ2v) is 5.46. The van der Waals surface area contributed by atoms with Gasteiger partial charge in [-0.1, -0.05) is 6.92 Å². The average molecular weight is 227 g/mol. The third kappa shape index (κ3) is 2.67. The Morgan fingerprint density at radius 3 is 2.69 bits per heavy atom. The Hall–Kier alpha value is -0.770. The van der Waals surface area contributed by atoms with Crippen LogP contribution in [0.1, 0.15) is 40.5 Å². The number of aliphatic imine (C=N–C) groups is 1. The van der Waals surface area contributed by atoms with E-state index in [0.717, 1.165) is 25.9 Å². The Kier molecular flexibility index (Phi) is 3.84. The molecule has 0 spiro atoms. The summed E-state index contributed by atoms with van der Waals surface area (Å²) in [4.78, 5) is 6.59. The lowest BCUT2D eigenvalue weighted by Crippen LogP contribution is -2.53. The van der Waals surface area contributed by atoms with Crippen LogP contribution in [0.25, 0.3) is 0 Å². The highest BCUT2D eigenvalue weighted by Gasteiger charge is 2.41. The smallest absolute Gasteiger partial charge is 0.191 e. The molecule has 1 unspecified atom stereocenters. The Morgan fingerprint density at radius 2 is 2.19 bits per heavy atom. The molecular formula is C12H25N3O. The van der Waals surface area contributed by atoms with Crippen molar-refractivity contribution in [3.63, 3.8) is 0 Å². The molecule has 1 atom stereocenters. The fourth-order valence-electron chi connectivity index (χ4n) is 2.45. The predicted molar refractivity (Wildman–Crippen MR) is 67.6 cm³/mol. The number of ether oxygens (including phenoxy) is 1. The summed E-state index contributed by atoms with van der Waals surface area (Å²) in [5, 5.41) is 0.